The normalized spacial score (nSPS) is 10.6. The van der Waals surface area contributed by atoms with Crippen LogP contribution in [0.25, 0.3) is 0 Å². The van der Waals surface area contributed by atoms with Crippen molar-refractivity contribution in [3.8, 4) is 0 Å². The Morgan fingerprint density at radius 2 is 2.05 bits per heavy atom. The fourth-order valence-corrected chi connectivity index (χ4v) is 1.66. The van der Waals surface area contributed by atoms with Crippen LogP contribution in [0.15, 0.2) is 24.3 Å². The molecule has 19 heavy (non-hydrogen) atoms. The van der Waals surface area contributed by atoms with Crippen LogP contribution < -0.4 is 5.32 Å². The van der Waals surface area contributed by atoms with Crippen LogP contribution in [-0.4, -0.2) is 26.3 Å². The summed E-state index contributed by atoms with van der Waals surface area (Å²) in [5.41, 5.74) is 1.33. The smallest absolute Gasteiger partial charge is 0.335 e. The van der Waals surface area contributed by atoms with Gasteiger partial charge in [-0.25, -0.2) is 9.78 Å². The van der Waals surface area contributed by atoms with E-state index in [1.807, 2.05) is 6.92 Å². The summed E-state index contributed by atoms with van der Waals surface area (Å²) in [6.07, 6.45) is 0.813. The highest BCUT2D eigenvalue weighted by Gasteiger charge is 2.03. The van der Waals surface area contributed by atoms with Gasteiger partial charge in [-0.15, -0.1) is 0 Å². The molecule has 3 N–H and O–H groups in total. The molecule has 0 radical (unpaired) electrons. The Bertz CT molecular complexity index is 548. The molecule has 0 spiro atoms. The number of aromatic nitrogens is 3. The topological polar surface area (TPSA) is 90.9 Å². The molecule has 0 fully saturated rings. The lowest BCUT2D eigenvalue weighted by Gasteiger charge is -2.03. The Labute approximate surface area is 110 Å². The fraction of sp³-hybridized carbons (Fsp3) is 0.308. The van der Waals surface area contributed by atoms with Crippen molar-refractivity contribution in [2.24, 2.45) is 0 Å². The Morgan fingerprint density at radius 1 is 1.32 bits per heavy atom. The summed E-state index contributed by atoms with van der Waals surface area (Å²) in [5, 5.41) is 18.9. The van der Waals surface area contributed by atoms with Crippen LogP contribution in [0.4, 0.5) is 0 Å². The van der Waals surface area contributed by atoms with E-state index in [1.54, 1.807) is 24.3 Å². The lowest BCUT2D eigenvalue weighted by Crippen LogP contribution is -2.14. The summed E-state index contributed by atoms with van der Waals surface area (Å²) in [6, 6.07) is 6.80. The van der Waals surface area contributed by atoms with Gasteiger partial charge in [0.15, 0.2) is 0 Å². The molecular formula is C13H16N4O2. The molecule has 6 nitrogen and oxygen atoms in total. The molecule has 0 bridgehead atoms. The molecule has 0 saturated heterocycles. The molecule has 0 aliphatic heterocycles. The summed E-state index contributed by atoms with van der Waals surface area (Å²) in [4.78, 5) is 15.0. The number of hydrogen-bond acceptors (Lipinski definition) is 4. The van der Waals surface area contributed by atoms with Crippen molar-refractivity contribution in [2.75, 3.05) is 0 Å². The van der Waals surface area contributed by atoms with E-state index in [-0.39, 0.29) is 0 Å². The third-order valence-corrected chi connectivity index (χ3v) is 2.72. The number of carboxylic acids is 1. The van der Waals surface area contributed by atoms with Crippen molar-refractivity contribution in [2.45, 2.75) is 26.4 Å². The summed E-state index contributed by atoms with van der Waals surface area (Å²) < 4.78 is 0. The SMILES string of the molecule is CCc1n[nH]c(CNCc2ccc(C(=O)O)cc2)n1. The molecular weight excluding hydrogens is 244 g/mol. The van der Waals surface area contributed by atoms with Crippen LogP contribution in [0, 0.1) is 0 Å². The number of hydrogen-bond donors (Lipinski definition) is 3. The number of H-pyrrole nitrogens is 1. The van der Waals surface area contributed by atoms with Gasteiger partial charge in [-0.3, -0.25) is 5.10 Å². The molecule has 1 heterocycles. The number of benzene rings is 1. The van der Waals surface area contributed by atoms with Crippen LogP contribution in [0.2, 0.25) is 0 Å². The van der Waals surface area contributed by atoms with Gasteiger partial charge in [0.05, 0.1) is 12.1 Å². The van der Waals surface area contributed by atoms with E-state index in [0.717, 1.165) is 23.6 Å². The number of aromatic carboxylic acids is 1. The van der Waals surface area contributed by atoms with Gasteiger partial charge in [-0.2, -0.15) is 5.10 Å². The summed E-state index contributed by atoms with van der Waals surface area (Å²) in [6.45, 7) is 3.26. The zero-order chi connectivity index (χ0) is 13.7. The monoisotopic (exact) mass is 260 g/mol. The first-order chi connectivity index (χ1) is 9.19. The Morgan fingerprint density at radius 3 is 2.63 bits per heavy atom. The van der Waals surface area contributed by atoms with Gasteiger partial charge >= 0.3 is 5.97 Å². The van der Waals surface area contributed by atoms with Crippen LogP contribution in [0.1, 0.15) is 34.5 Å². The second-order valence-electron chi connectivity index (χ2n) is 4.16. The Hall–Kier alpha value is -2.21. The molecule has 0 amide bonds. The number of nitrogens with zero attached hydrogens (tertiary/aromatic N) is 2. The first kappa shape index (κ1) is 13.2. The maximum Gasteiger partial charge on any atom is 0.335 e. The quantitative estimate of drug-likeness (QED) is 0.729. The third-order valence-electron chi connectivity index (χ3n) is 2.72. The molecule has 100 valence electrons. The van der Waals surface area contributed by atoms with Gasteiger partial charge in [-0.05, 0) is 17.7 Å². The first-order valence-corrected chi connectivity index (χ1v) is 6.12. The van der Waals surface area contributed by atoms with Gasteiger partial charge < -0.3 is 10.4 Å². The average molecular weight is 260 g/mol. The fourth-order valence-electron chi connectivity index (χ4n) is 1.66. The highest BCUT2D eigenvalue weighted by Crippen LogP contribution is 2.04. The molecule has 1 aromatic carbocycles. The highest BCUT2D eigenvalue weighted by atomic mass is 16.4. The molecule has 2 rings (SSSR count). The molecule has 0 unspecified atom stereocenters. The summed E-state index contributed by atoms with van der Waals surface area (Å²) in [5.74, 6) is 0.704. The zero-order valence-electron chi connectivity index (χ0n) is 10.7. The van der Waals surface area contributed by atoms with E-state index in [4.69, 9.17) is 5.11 Å². The molecule has 1 aromatic heterocycles. The van der Waals surface area contributed by atoms with Crippen LogP contribution in [0.3, 0.4) is 0 Å². The number of aromatic amines is 1. The molecule has 0 aliphatic rings. The lowest BCUT2D eigenvalue weighted by atomic mass is 10.1. The summed E-state index contributed by atoms with van der Waals surface area (Å²) >= 11 is 0. The van der Waals surface area contributed by atoms with E-state index in [0.29, 0.717) is 18.7 Å². The lowest BCUT2D eigenvalue weighted by molar-refractivity contribution is 0.0697. The van der Waals surface area contributed by atoms with Crippen molar-refractivity contribution in [3.05, 3.63) is 47.0 Å². The van der Waals surface area contributed by atoms with Crippen LogP contribution in [-0.2, 0) is 19.5 Å². The van der Waals surface area contributed by atoms with Crippen molar-refractivity contribution in [3.63, 3.8) is 0 Å². The zero-order valence-corrected chi connectivity index (χ0v) is 10.7. The van der Waals surface area contributed by atoms with Gasteiger partial charge in [0.1, 0.15) is 11.6 Å². The maximum absolute atomic E-state index is 10.7. The van der Waals surface area contributed by atoms with Crippen molar-refractivity contribution in [1.82, 2.24) is 20.5 Å². The number of nitrogens with one attached hydrogen (secondary N) is 2. The third kappa shape index (κ3) is 3.62. The largest absolute Gasteiger partial charge is 0.478 e. The van der Waals surface area contributed by atoms with Gasteiger partial charge in [-0.1, -0.05) is 19.1 Å². The van der Waals surface area contributed by atoms with Gasteiger partial charge in [0, 0.05) is 13.0 Å². The average Bonchev–Trinajstić information content (AvgIpc) is 2.87. The number of aryl methyl sites for hydroxylation is 1. The maximum atomic E-state index is 10.7. The number of carboxylic acid groups (broad SMARTS) is 1. The second-order valence-corrected chi connectivity index (χ2v) is 4.16. The minimum absolute atomic E-state index is 0.298. The molecule has 6 heteroatoms. The van der Waals surface area contributed by atoms with Crippen molar-refractivity contribution < 1.29 is 9.90 Å². The molecule has 0 aliphatic carbocycles. The Balaban J connectivity index is 1.83. The second kappa shape index (κ2) is 6.10. The minimum Gasteiger partial charge on any atom is -0.478 e. The van der Waals surface area contributed by atoms with E-state index in [2.05, 4.69) is 20.5 Å². The number of carbonyl (C=O) groups is 1. The first-order valence-electron chi connectivity index (χ1n) is 6.12. The predicted molar refractivity (Wildman–Crippen MR) is 69.7 cm³/mol. The van der Waals surface area contributed by atoms with E-state index >= 15 is 0 Å². The summed E-state index contributed by atoms with van der Waals surface area (Å²) in [7, 11) is 0. The van der Waals surface area contributed by atoms with Gasteiger partial charge in [0.25, 0.3) is 0 Å². The van der Waals surface area contributed by atoms with Crippen molar-refractivity contribution >= 4 is 5.97 Å². The standard InChI is InChI=1S/C13H16N4O2/c1-2-11-15-12(17-16-11)8-14-7-9-3-5-10(6-4-9)13(18)19/h3-6,14H,2,7-8H2,1H3,(H,18,19)(H,15,16,17). The van der Waals surface area contributed by atoms with Crippen LogP contribution >= 0.6 is 0 Å². The molecule has 2 aromatic rings. The van der Waals surface area contributed by atoms with E-state index in [9.17, 15) is 4.79 Å². The predicted octanol–water partition coefficient (Wildman–Crippen LogP) is 1.36. The van der Waals surface area contributed by atoms with E-state index < -0.39 is 5.97 Å². The van der Waals surface area contributed by atoms with Crippen molar-refractivity contribution in [1.29, 1.82) is 0 Å². The highest BCUT2D eigenvalue weighted by molar-refractivity contribution is 5.87. The van der Waals surface area contributed by atoms with Crippen LogP contribution in [0.5, 0.6) is 0 Å². The van der Waals surface area contributed by atoms with E-state index in [1.165, 1.54) is 0 Å². The van der Waals surface area contributed by atoms with Gasteiger partial charge in [0.2, 0.25) is 0 Å². The minimum atomic E-state index is -0.909. The molecule has 0 saturated carbocycles. The Kier molecular flexibility index (Phi) is 4.25. The number of rotatable bonds is 6. The molecule has 0 atom stereocenters.